The van der Waals surface area contributed by atoms with Crippen molar-refractivity contribution in [2.45, 2.75) is 32.3 Å². The molecule has 0 aromatic heterocycles. The summed E-state index contributed by atoms with van der Waals surface area (Å²) in [6.07, 6.45) is 2.10. The molecule has 1 atom stereocenters. The normalized spacial score (nSPS) is 17.6. The highest BCUT2D eigenvalue weighted by Crippen LogP contribution is 2.39. The summed E-state index contributed by atoms with van der Waals surface area (Å²) in [5.74, 6) is 0.918. The highest BCUT2D eigenvalue weighted by Gasteiger charge is 2.39. The number of hydrogen-bond acceptors (Lipinski definition) is 3. The molecule has 104 valence electrons. The van der Waals surface area contributed by atoms with Crippen LogP contribution in [-0.4, -0.2) is 29.8 Å². The molecule has 1 unspecified atom stereocenters. The van der Waals surface area contributed by atoms with Crippen LogP contribution in [0.2, 0.25) is 0 Å². The van der Waals surface area contributed by atoms with E-state index in [4.69, 9.17) is 4.74 Å². The van der Waals surface area contributed by atoms with Gasteiger partial charge in [-0.1, -0.05) is 0 Å². The monoisotopic (exact) mass is 263 g/mol. The van der Waals surface area contributed by atoms with Crippen molar-refractivity contribution in [3.05, 3.63) is 29.8 Å². The van der Waals surface area contributed by atoms with Crippen molar-refractivity contribution in [2.24, 2.45) is 5.92 Å². The summed E-state index contributed by atoms with van der Waals surface area (Å²) in [6.45, 7) is 4.60. The second-order valence-corrected chi connectivity index (χ2v) is 5.27. The van der Waals surface area contributed by atoms with Gasteiger partial charge in [0, 0.05) is 12.1 Å². The summed E-state index contributed by atoms with van der Waals surface area (Å²) < 4.78 is 5.32. The molecule has 1 fully saturated rings. The lowest BCUT2D eigenvalue weighted by atomic mass is 10.0. The van der Waals surface area contributed by atoms with E-state index < -0.39 is 5.60 Å². The van der Waals surface area contributed by atoms with Crippen molar-refractivity contribution in [1.82, 2.24) is 5.32 Å². The minimum absolute atomic E-state index is 0.163. The van der Waals surface area contributed by atoms with Crippen LogP contribution in [-0.2, 0) is 0 Å². The number of ether oxygens (including phenoxy) is 1. The molecule has 4 nitrogen and oxygen atoms in total. The molecule has 1 amide bonds. The predicted molar refractivity (Wildman–Crippen MR) is 73.3 cm³/mol. The average molecular weight is 263 g/mol. The maximum Gasteiger partial charge on any atom is 0.251 e. The van der Waals surface area contributed by atoms with Gasteiger partial charge >= 0.3 is 0 Å². The van der Waals surface area contributed by atoms with Crippen LogP contribution in [0.5, 0.6) is 5.75 Å². The molecular weight excluding hydrogens is 242 g/mol. The van der Waals surface area contributed by atoms with E-state index in [2.05, 4.69) is 5.32 Å². The summed E-state index contributed by atoms with van der Waals surface area (Å²) >= 11 is 0. The molecule has 0 saturated heterocycles. The molecule has 4 heteroatoms. The Balaban J connectivity index is 1.88. The van der Waals surface area contributed by atoms with Crippen molar-refractivity contribution in [3.63, 3.8) is 0 Å². The third-order valence-corrected chi connectivity index (χ3v) is 3.49. The lowest BCUT2D eigenvalue weighted by Crippen LogP contribution is -2.42. The van der Waals surface area contributed by atoms with Crippen molar-refractivity contribution in [2.75, 3.05) is 13.2 Å². The Kier molecular flexibility index (Phi) is 4.10. The van der Waals surface area contributed by atoms with E-state index >= 15 is 0 Å². The van der Waals surface area contributed by atoms with Gasteiger partial charge in [0.25, 0.3) is 5.91 Å². The molecule has 1 aromatic carbocycles. The van der Waals surface area contributed by atoms with Crippen LogP contribution in [0.3, 0.4) is 0 Å². The van der Waals surface area contributed by atoms with Crippen LogP contribution in [0.4, 0.5) is 0 Å². The Hall–Kier alpha value is -1.55. The second-order valence-electron chi connectivity index (χ2n) is 5.27. The molecule has 0 aliphatic heterocycles. The first kappa shape index (κ1) is 13.9. The fourth-order valence-electron chi connectivity index (χ4n) is 2.08. The van der Waals surface area contributed by atoms with E-state index in [9.17, 15) is 9.90 Å². The quantitative estimate of drug-likeness (QED) is 0.825. The van der Waals surface area contributed by atoms with E-state index in [1.807, 2.05) is 6.92 Å². The first-order valence-electron chi connectivity index (χ1n) is 6.76. The molecule has 1 aliphatic rings. The van der Waals surface area contributed by atoms with Gasteiger partial charge in [-0.25, -0.2) is 0 Å². The largest absolute Gasteiger partial charge is 0.494 e. The molecule has 0 bridgehead atoms. The molecule has 19 heavy (non-hydrogen) atoms. The third kappa shape index (κ3) is 3.70. The molecule has 1 aliphatic carbocycles. The number of nitrogens with one attached hydrogen (secondary N) is 1. The number of hydrogen-bond donors (Lipinski definition) is 2. The number of aliphatic hydroxyl groups is 1. The lowest BCUT2D eigenvalue weighted by molar-refractivity contribution is 0.0354. The van der Waals surface area contributed by atoms with Crippen molar-refractivity contribution >= 4 is 5.91 Å². The Labute approximate surface area is 113 Å². The molecule has 1 saturated carbocycles. The summed E-state index contributed by atoms with van der Waals surface area (Å²) in [6, 6.07) is 7.01. The minimum Gasteiger partial charge on any atom is -0.494 e. The molecule has 2 rings (SSSR count). The molecule has 1 aromatic rings. The smallest absolute Gasteiger partial charge is 0.251 e. The maximum atomic E-state index is 11.9. The van der Waals surface area contributed by atoms with Gasteiger partial charge in [0.05, 0.1) is 12.2 Å². The van der Waals surface area contributed by atoms with E-state index in [1.54, 1.807) is 31.2 Å². The number of carbonyl (C=O) groups excluding carboxylic acids is 1. The SMILES string of the molecule is CCOc1ccc(C(=O)NCC(C)(O)C2CC2)cc1. The predicted octanol–water partition coefficient (Wildman–Crippen LogP) is 1.98. The van der Waals surface area contributed by atoms with Gasteiger partial charge in [0.1, 0.15) is 5.75 Å². The van der Waals surface area contributed by atoms with Gasteiger partial charge in [-0.15, -0.1) is 0 Å². The zero-order valence-corrected chi connectivity index (χ0v) is 11.5. The Morgan fingerprint density at radius 1 is 1.42 bits per heavy atom. The molecule has 0 radical (unpaired) electrons. The van der Waals surface area contributed by atoms with E-state index in [0.29, 0.717) is 24.6 Å². The molecule has 2 N–H and O–H groups in total. The van der Waals surface area contributed by atoms with Crippen molar-refractivity contribution in [3.8, 4) is 5.75 Å². The zero-order chi connectivity index (χ0) is 13.9. The van der Waals surface area contributed by atoms with Crippen molar-refractivity contribution < 1.29 is 14.6 Å². The standard InChI is InChI=1S/C15H21NO3/c1-3-19-13-8-4-11(5-9-13)14(17)16-10-15(2,18)12-6-7-12/h4-5,8-9,12,18H,3,6-7,10H2,1-2H3,(H,16,17). The van der Waals surface area contributed by atoms with Gasteiger partial charge < -0.3 is 15.2 Å². The fraction of sp³-hybridized carbons (Fsp3) is 0.533. The topological polar surface area (TPSA) is 58.6 Å². The van der Waals surface area contributed by atoms with Gasteiger partial charge in [0.15, 0.2) is 0 Å². The molecule has 0 spiro atoms. The van der Waals surface area contributed by atoms with Crippen LogP contribution in [0.25, 0.3) is 0 Å². The fourth-order valence-corrected chi connectivity index (χ4v) is 2.08. The van der Waals surface area contributed by atoms with E-state index in [1.165, 1.54) is 0 Å². The number of benzene rings is 1. The number of carbonyl (C=O) groups is 1. The summed E-state index contributed by atoms with van der Waals surface area (Å²) in [5, 5.41) is 12.9. The third-order valence-electron chi connectivity index (χ3n) is 3.49. The summed E-state index contributed by atoms with van der Waals surface area (Å²) in [7, 11) is 0. The van der Waals surface area contributed by atoms with Crippen LogP contribution >= 0.6 is 0 Å². The van der Waals surface area contributed by atoms with E-state index in [0.717, 1.165) is 18.6 Å². The Morgan fingerprint density at radius 3 is 2.58 bits per heavy atom. The van der Waals surface area contributed by atoms with Crippen LogP contribution in [0.15, 0.2) is 24.3 Å². The first-order valence-corrected chi connectivity index (χ1v) is 6.76. The van der Waals surface area contributed by atoms with Crippen LogP contribution in [0.1, 0.15) is 37.0 Å². The maximum absolute atomic E-state index is 11.9. The lowest BCUT2D eigenvalue weighted by Gasteiger charge is -2.23. The second kappa shape index (κ2) is 5.61. The molecular formula is C15H21NO3. The zero-order valence-electron chi connectivity index (χ0n) is 11.5. The van der Waals surface area contributed by atoms with Crippen molar-refractivity contribution in [1.29, 1.82) is 0 Å². The van der Waals surface area contributed by atoms with E-state index in [-0.39, 0.29) is 5.91 Å². The van der Waals surface area contributed by atoms with Gasteiger partial charge in [-0.2, -0.15) is 0 Å². The van der Waals surface area contributed by atoms with Gasteiger partial charge in [-0.3, -0.25) is 4.79 Å². The number of amides is 1. The van der Waals surface area contributed by atoms with Gasteiger partial charge in [0.2, 0.25) is 0 Å². The highest BCUT2D eigenvalue weighted by atomic mass is 16.5. The number of rotatable bonds is 6. The Morgan fingerprint density at radius 2 is 2.05 bits per heavy atom. The van der Waals surface area contributed by atoms with Crippen LogP contribution < -0.4 is 10.1 Å². The highest BCUT2D eigenvalue weighted by molar-refractivity contribution is 5.94. The summed E-state index contributed by atoms with van der Waals surface area (Å²) in [5.41, 5.74) is -0.212. The Bertz CT molecular complexity index is 435. The van der Waals surface area contributed by atoms with Gasteiger partial charge in [-0.05, 0) is 56.9 Å². The summed E-state index contributed by atoms with van der Waals surface area (Å²) in [4.78, 5) is 11.9. The van der Waals surface area contributed by atoms with Crippen LogP contribution in [0, 0.1) is 5.92 Å². The average Bonchev–Trinajstić information content (AvgIpc) is 3.22. The first-order chi connectivity index (χ1) is 9.03. The minimum atomic E-state index is -0.791. The molecule has 0 heterocycles.